The van der Waals surface area contributed by atoms with Gasteiger partial charge in [0.15, 0.2) is 0 Å². The van der Waals surface area contributed by atoms with Gasteiger partial charge in [0.05, 0.1) is 0 Å². The lowest BCUT2D eigenvalue weighted by molar-refractivity contribution is 0.565. The zero-order valence-electron chi connectivity index (χ0n) is 13.1. The topological polar surface area (TPSA) is 0 Å². The van der Waals surface area contributed by atoms with E-state index in [1.807, 2.05) is 27.7 Å². The largest absolute Gasteiger partial charge is 0.207 e. The van der Waals surface area contributed by atoms with Crippen molar-refractivity contribution in [1.29, 1.82) is 0 Å². The van der Waals surface area contributed by atoms with Crippen molar-refractivity contribution < 1.29 is 13.2 Å². The van der Waals surface area contributed by atoms with Crippen LogP contribution >= 0.6 is 11.6 Å². The molecule has 0 atom stereocenters. The Balaban J connectivity index is 0.000000220. The zero-order valence-corrected chi connectivity index (χ0v) is 13.9. The average Bonchev–Trinajstić information content (AvgIpc) is 2.38. The Labute approximate surface area is 134 Å². The SMILES string of the molecule is CC(C)c1ccc(F)cc1Cl.CC(C)c1ccc(F)cc1F. The number of benzene rings is 2. The summed E-state index contributed by atoms with van der Waals surface area (Å²) in [5, 5.41) is 0.514. The summed E-state index contributed by atoms with van der Waals surface area (Å²) in [5.74, 6) is -0.801. The van der Waals surface area contributed by atoms with Crippen molar-refractivity contribution in [3.05, 3.63) is 70.0 Å². The van der Waals surface area contributed by atoms with E-state index in [2.05, 4.69) is 0 Å². The molecule has 2 aromatic carbocycles. The van der Waals surface area contributed by atoms with Crippen molar-refractivity contribution in [1.82, 2.24) is 0 Å². The van der Waals surface area contributed by atoms with Gasteiger partial charge in [-0.3, -0.25) is 0 Å². The molecule has 0 aliphatic rings. The van der Waals surface area contributed by atoms with E-state index in [1.165, 1.54) is 24.3 Å². The predicted molar refractivity (Wildman–Crippen MR) is 85.9 cm³/mol. The summed E-state index contributed by atoms with van der Waals surface area (Å²) in [6.07, 6.45) is 0. The molecule has 0 radical (unpaired) electrons. The molecule has 0 heterocycles. The molecule has 0 saturated heterocycles. The normalized spacial score (nSPS) is 10.6. The molecule has 120 valence electrons. The third kappa shape index (κ3) is 5.38. The molecule has 22 heavy (non-hydrogen) atoms. The lowest BCUT2D eigenvalue weighted by atomic mass is 10.0. The molecule has 2 rings (SSSR count). The van der Waals surface area contributed by atoms with E-state index in [-0.39, 0.29) is 11.7 Å². The minimum absolute atomic E-state index is 0.107. The van der Waals surface area contributed by atoms with Gasteiger partial charge in [-0.25, -0.2) is 13.2 Å². The van der Waals surface area contributed by atoms with Crippen molar-refractivity contribution in [3.63, 3.8) is 0 Å². The minimum atomic E-state index is -0.521. The number of halogens is 4. The van der Waals surface area contributed by atoms with Gasteiger partial charge in [0.1, 0.15) is 17.5 Å². The van der Waals surface area contributed by atoms with E-state index < -0.39 is 11.6 Å². The van der Waals surface area contributed by atoms with Crippen molar-refractivity contribution in [2.45, 2.75) is 39.5 Å². The smallest absolute Gasteiger partial charge is 0.129 e. The van der Waals surface area contributed by atoms with Crippen molar-refractivity contribution >= 4 is 11.6 Å². The number of rotatable bonds is 2. The van der Waals surface area contributed by atoms with Crippen LogP contribution in [0.4, 0.5) is 13.2 Å². The van der Waals surface area contributed by atoms with Crippen LogP contribution in [0.5, 0.6) is 0 Å². The third-order valence-corrected chi connectivity index (χ3v) is 3.50. The first-order valence-corrected chi connectivity index (χ1v) is 7.50. The van der Waals surface area contributed by atoms with Crippen LogP contribution in [0.25, 0.3) is 0 Å². The molecule has 0 aromatic heterocycles. The highest BCUT2D eigenvalue weighted by Crippen LogP contribution is 2.24. The quantitative estimate of drug-likeness (QED) is 0.576. The minimum Gasteiger partial charge on any atom is -0.207 e. The van der Waals surface area contributed by atoms with Crippen LogP contribution in [0, 0.1) is 17.5 Å². The molecule has 0 N–H and O–H groups in total. The summed E-state index contributed by atoms with van der Waals surface area (Å²) in [5.41, 5.74) is 1.56. The van der Waals surface area contributed by atoms with Crippen molar-refractivity contribution in [3.8, 4) is 0 Å². The molecule has 0 aliphatic carbocycles. The fourth-order valence-electron chi connectivity index (χ4n) is 1.94. The zero-order chi connectivity index (χ0) is 16.9. The van der Waals surface area contributed by atoms with Crippen molar-refractivity contribution in [2.24, 2.45) is 0 Å². The Morgan fingerprint density at radius 2 is 1.18 bits per heavy atom. The first-order chi connectivity index (χ1) is 10.2. The van der Waals surface area contributed by atoms with Crippen LogP contribution in [0.1, 0.15) is 50.7 Å². The molecule has 0 fully saturated rings. The summed E-state index contributed by atoms with van der Waals surface area (Å²) in [7, 11) is 0. The standard InChI is InChI=1S/C9H10ClF.C9H10F2/c1-6(2)8-4-3-7(11)5-9(8)10;1-6(2)8-4-3-7(10)5-9(8)11/h2*3-6H,1-2H3. The van der Waals surface area contributed by atoms with Crippen LogP contribution in [-0.2, 0) is 0 Å². The summed E-state index contributed by atoms with van der Waals surface area (Å²) >= 11 is 5.78. The summed E-state index contributed by atoms with van der Waals surface area (Å²) < 4.78 is 37.8. The summed E-state index contributed by atoms with van der Waals surface area (Å²) in [6, 6.07) is 8.17. The van der Waals surface area contributed by atoms with E-state index in [4.69, 9.17) is 11.6 Å². The number of hydrogen-bond acceptors (Lipinski definition) is 0. The van der Waals surface area contributed by atoms with E-state index in [0.717, 1.165) is 11.6 Å². The average molecular weight is 329 g/mol. The van der Waals surface area contributed by atoms with Crippen LogP contribution in [0.2, 0.25) is 5.02 Å². The van der Waals surface area contributed by atoms with Gasteiger partial charge in [-0.15, -0.1) is 0 Å². The lowest BCUT2D eigenvalue weighted by Crippen LogP contribution is -1.92. The highest BCUT2D eigenvalue weighted by atomic mass is 35.5. The molecule has 0 saturated carbocycles. The van der Waals surface area contributed by atoms with Gasteiger partial charge in [-0.05, 0) is 41.2 Å². The predicted octanol–water partition coefficient (Wildman–Crippen LogP) is 6.69. The highest BCUT2D eigenvalue weighted by molar-refractivity contribution is 6.31. The Hall–Kier alpha value is -1.48. The van der Waals surface area contributed by atoms with Gasteiger partial charge >= 0.3 is 0 Å². The van der Waals surface area contributed by atoms with Crippen LogP contribution < -0.4 is 0 Å². The van der Waals surface area contributed by atoms with Gasteiger partial charge in [0, 0.05) is 11.1 Å². The van der Waals surface area contributed by atoms with E-state index >= 15 is 0 Å². The van der Waals surface area contributed by atoms with Gasteiger partial charge in [0.25, 0.3) is 0 Å². The Morgan fingerprint density at radius 1 is 0.727 bits per heavy atom. The summed E-state index contributed by atoms with van der Waals surface area (Å²) in [4.78, 5) is 0. The molecular weight excluding hydrogens is 309 g/mol. The third-order valence-electron chi connectivity index (χ3n) is 3.17. The Kier molecular flexibility index (Phi) is 6.95. The first-order valence-electron chi connectivity index (χ1n) is 7.12. The molecule has 0 spiro atoms. The van der Waals surface area contributed by atoms with E-state index in [9.17, 15) is 13.2 Å². The molecule has 4 heteroatoms. The van der Waals surface area contributed by atoms with Gasteiger partial charge in [-0.2, -0.15) is 0 Å². The second kappa shape index (κ2) is 8.23. The highest BCUT2D eigenvalue weighted by Gasteiger charge is 2.06. The molecule has 0 unspecified atom stereocenters. The van der Waals surface area contributed by atoms with Gasteiger partial charge < -0.3 is 0 Å². The Morgan fingerprint density at radius 3 is 1.59 bits per heavy atom. The monoisotopic (exact) mass is 328 g/mol. The first kappa shape index (κ1) is 18.6. The maximum absolute atomic E-state index is 12.9. The molecule has 0 amide bonds. The van der Waals surface area contributed by atoms with Gasteiger partial charge in [0.2, 0.25) is 0 Å². The van der Waals surface area contributed by atoms with Crippen LogP contribution in [0.3, 0.4) is 0 Å². The lowest BCUT2D eigenvalue weighted by Gasteiger charge is -2.06. The van der Waals surface area contributed by atoms with E-state index in [1.54, 1.807) is 6.07 Å². The fraction of sp³-hybridized carbons (Fsp3) is 0.333. The number of hydrogen-bond donors (Lipinski definition) is 0. The van der Waals surface area contributed by atoms with Crippen molar-refractivity contribution in [2.75, 3.05) is 0 Å². The fourth-order valence-corrected chi connectivity index (χ4v) is 2.32. The molecule has 2 aromatic rings. The maximum atomic E-state index is 12.9. The second-order valence-electron chi connectivity index (χ2n) is 5.64. The van der Waals surface area contributed by atoms with E-state index in [0.29, 0.717) is 16.5 Å². The van der Waals surface area contributed by atoms with Gasteiger partial charge in [-0.1, -0.05) is 51.4 Å². The Bertz CT molecular complexity index is 566. The van der Waals surface area contributed by atoms with Crippen LogP contribution in [0.15, 0.2) is 36.4 Å². The molecule has 0 aliphatic heterocycles. The summed E-state index contributed by atoms with van der Waals surface area (Å²) in [6.45, 7) is 7.80. The molecular formula is C18H20ClF3. The van der Waals surface area contributed by atoms with Crippen LogP contribution in [-0.4, -0.2) is 0 Å². The second-order valence-corrected chi connectivity index (χ2v) is 6.05. The maximum Gasteiger partial charge on any atom is 0.129 e. The molecule has 0 bridgehead atoms. The molecule has 0 nitrogen and oxygen atoms in total.